The van der Waals surface area contributed by atoms with Crippen LogP contribution < -0.4 is 0 Å². The zero-order valence-electron chi connectivity index (χ0n) is 9.89. The maximum absolute atomic E-state index is 12.0. The smallest absolute Gasteiger partial charge is 0.188 e. The summed E-state index contributed by atoms with van der Waals surface area (Å²) < 4.78 is 48.0. The van der Waals surface area contributed by atoms with E-state index in [4.69, 9.17) is 0 Å². The second-order valence-electron chi connectivity index (χ2n) is 3.88. The van der Waals surface area contributed by atoms with Gasteiger partial charge in [-0.25, -0.2) is 16.8 Å². The van der Waals surface area contributed by atoms with E-state index in [9.17, 15) is 16.8 Å². The van der Waals surface area contributed by atoms with Gasteiger partial charge in [-0.15, -0.1) is 11.3 Å². The van der Waals surface area contributed by atoms with Gasteiger partial charge in [0.05, 0.1) is 16.4 Å². The van der Waals surface area contributed by atoms with Gasteiger partial charge >= 0.3 is 0 Å². The number of hydrogen-bond donors (Lipinski definition) is 0. The fourth-order valence-electron chi connectivity index (χ4n) is 1.51. The Balaban J connectivity index is 2.16. The predicted molar refractivity (Wildman–Crippen MR) is 74.9 cm³/mol. The third kappa shape index (κ3) is 3.43. The Bertz CT molecular complexity index is 730. The summed E-state index contributed by atoms with van der Waals surface area (Å²) in [6.45, 7) is 0. The molecule has 0 aliphatic rings. The Hall–Kier alpha value is -1.18. The summed E-state index contributed by atoms with van der Waals surface area (Å²) in [6, 6.07) is 11.0. The first-order valence-corrected chi connectivity index (χ1v) is 9.64. The van der Waals surface area contributed by atoms with Crippen molar-refractivity contribution in [2.45, 2.75) is 9.10 Å². The van der Waals surface area contributed by atoms with Crippen molar-refractivity contribution >= 4 is 31.0 Å². The highest BCUT2D eigenvalue weighted by atomic mass is 32.2. The third-order valence-electron chi connectivity index (χ3n) is 2.52. The van der Waals surface area contributed by atoms with Crippen LogP contribution in [0.5, 0.6) is 0 Å². The predicted octanol–water partition coefficient (Wildman–Crippen LogP) is 2.00. The van der Waals surface area contributed by atoms with E-state index < -0.39 is 31.2 Å². The first-order valence-electron chi connectivity index (χ1n) is 5.46. The molecule has 0 radical (unpaired) electrons. The van der Waals surface area contributed by atoms with Gasteiger partial charge in [0.25, 0.3) is 0 Å². The molecule has 0 aliphatic carbocycles. The first kappa shape index (κ1) is 14.2. The van der Waals surface area contributed by atoms with Gasteiger partial charge in [0.1, 0.15) is 4.21 Å². The average molecular weight is 316 g/mol. The zero-order valence-corrected chi connectivity index (χ0v) is 12.3. The van der Waals surface area contributed by atoms with E-state index >= 15 is 0 Å². The first-order chi connectivity index (χ1) is 8.92. The summed E-state index contributed by atoms with van der Waals surface area (Å²) in [5.41, 5.74) is 0. The Kier molecular flexibility index (Phi) is 4.07. The van der Waals surface area contributed by atoms with Crippen LogP contribution in [-0.2, 0) is 19.7 Å². The number of sulfone groups is 2. The zero-order chi connectivity index (χ0) is 13.9. The van der Waals surface area contributed by atoms with Crippen LogP contribution in [0.1, 0.15) is 0 Å². The van der Waals surface area contributed by atoms with Gasteiger partial charge in [0.2, 0.25) is 0 Å². The lowest BCUT2D eigenvalue weighted by Crippen LogP contribution is -2.17. The molecule has 0 atom stereocenters. The number of rotatable bonds is 5. The molecule has 0 unspecified atom stereocenters. The Morgan fingerprint density at radius 2 is 1.42 bits per heavy atom. The topological polar surface area (TPSA) is 68.3 Å². The third-order valence-corrected chi connectivity index (χ3v) is 7.72. The Labute approximate surface area is 116 Å². The lowest BCUT2D eigenvalue weighted by Gasteiger charge is -2.04. The van der Waals surface area contributed by atoms with E-state index in [0.29, 0.717) is 0 Å². The van der Waals surface area contributed by atoms with E-state index in [1.807, 2.05) is 0 Å². The fraction of sp³-hybridized carbons (Fsp3) is 0.167. The molecule has 102 valence electrons. The van der Waals surface area contributed by atoms with Gasteiger partial charge in [-0.1, -0.05) is 24.3 Å². The van der Waals surface area contributed by atoms with Gasteiger partial charge in [0.15, 0.2) is 19.7 Å². The standard InChI is InChI=1S/C12H12O4S3/c13-18(14,11-5-2-1-3-6-11)9-10-19(15,16)12-7-4-8-17-12/h1-8H,9-10H2. The van der Waals surface area contributed by atoms with E-state index in [-0.39, 0.29) is 9.10 Å². The summed E-state index contributed by atoms with van der Waals surface area (Å²) in [4.78, 5) is 0.149. The van der Waals surface area contributed by atoms with Crippen LogP contribution in [0.4, 0.5) is 0 Å². The fourth-order valence-corrected chi connectivity index (χ4v) is 6.01. The number of benzene rings is 1. The second kappa shape index (κ2) is 5.44. The normalized spacial score (nSPS) is 12.4. The lowest BCUT2D eigenvalue weighted by atomic mass is 10.4. The van der Waals surface area contributed by atoms with Crippen LogP contribution in [0.2, 0.25) is 0 Å². The highest BCUT2D eigenvalue weighted by Crippen LogP contribution is 2.19. The molecule has 1 heterocycles. The van der Waals surface area contributed by atoms with Crippen LogP contribution in [0.3, 0.4) is 0 Å². The molecular formula is C12H12O4S3. The highest BCUT2D eigenvalue weighted by molar-refractivity contribution is 7.96. The summed E-state index contributed by atoms with van der Waals surface area (Å²) in [5, 5.41) is 1.65. The molecule has 0 N–H and O–H groups in total. The van der Waals surface area contributed by atoms with Crippen molar-refractivity contribution in [1.82, 2.24) is 0 Å². The minimum absolute atomic E-state index is 0.149. The van der Waals surface area contributed by atoms with Gasteiger partial charge < -0.3 is 0 Å². The van der Waals surface area contributed by atoms with Crippen molar-refractivity contribution in [2.75, 3.05) is 11.5 Å². The molecule has 7 heteroatoms. The quantitative estimate of drug-likeness (QED) is 0.846. The Morgan fingerprint density at radius 3 is 2.00 bits per heavy atom. The molecule has 0 aliphatic heterocycles. The van der Waals surface area contributed by atoms with Crippen LogP contribution in [0.25, 0.3) is 0 Å². The molecule has 0 saturated heterocycles. The van der Waals surface area contributed by atoms with Gasteiger partial charge in [-0.2, -0.15) is 0 Å². The van der Waals surface area contributed by atoms with Gasteiger partial charge in [-0.05, 0) is 23.6 Å². The molecular weight excluding hydrogens is 304 g/mol. The van der Waals surface area contributed by atoms with E-state index in [1.54, 1.807) is 29.6 Å². The molecule has 1 aromatic heterocycles. The molecule has 0 saturated carbocycles. The van der Waals surface area contributed by atoms with E-state index in [0.717, 1.165) is 11.3 Å². The molecule has 0 amide bonds. The van der Waals surface area contributed by atoms with Crippen molar-refractivity contribution in [3.8, 4) is 0 Å². The van der Waals surface area contributed by atoms with Gasteiger partial charge in [0, 0.05) is 0 Å². The van der Waals surface area contributed by atoms with Crippen LogP contribution >= 0.6 is 11.3 Å². The summed E-state index contributed by atoms with van der Waals surface area (Å²) in [5.74, 6) is -0.804. The van der Waals surface area contributed by atoms with Gasteiger partial charge in [-0.3, -0.25) is 0 Å². The maximum Gasteiger partial charge on any atom is 0.188 e. The number of thiophene rings is 1. The minimum Gasteiger partial charge on any atom is -0.224 e. The molecule has 2 rings (SSSR count). The maximum atomic E-state index is 12.0. The average Bonchev–Trinajstić information content (AvgIpc) is 2.93. The van der Waals surface area contributed by atoms with Crippen LogP contribution in [0, 0.1) is 0 Å². The second-order valence-corrected chi connectivity index (χ2v) is 9.28. The van der Waals surface area contributed by atoms with Crippen molar-refractivity contribution in [3.63, 3.8) is 0 Å². The SMILES string of the molecule is O=S(=O)(CCS(=O)(=O)c1cccs1)c1ccccc1. The largest absolute Gasteiger partial charge is 0.224 e. The molecule has 0 spiro atoms. The van der Waals surface area contributed by atoms with Crippen molar-refractivity contribution < 1.29 is 16.8 Å². The molecule has 0 bridgehead atoms. The van der Waals surface area contributed by atoms with E-state index in [1.165, 1.54) is 18.2 Å². The lowest BCUT2D eigenvalue weighted by molar-refractivity contribution is 0.588. The number of hydrogen-bond acceptors (Lipinski definition) is 5. The molecule has 19 heavy (non-hydrogen) atoms. The Morgan fingerprint density at radius 1 is 0.789 bits per heavy atom. The summed E-state index contributed by atoms with van der Waals surface area (Å²) in [6.07, 6.45) is 0. The molecule has 2 aromatic rings. The van der Waals surface area contributed by atoms with Crippen LogP contribution in [0.15, 0.2) is 56.9 Å². The highest BCUT2D eigenvalue weighted by Gasteiger charge is 2.21. The van der Waals surface area contributed by atoms with Crippen molar-refractivity contribution in [1.29, 1.82) is 0 Å². The summed E-state index contributed by atoms with van der Waals surface area (Å²) >= 11 is 1.09. The summed E-state index contributed by atoms with van der Waals surface area (Å²) in [7, 11) is -7.08. The van der Waals surface area contributed by atoms with Crippen molar-refractivity contribution in [3.05, 3.63) is 47.8 Å². The molecule has 4 nitrogen and oxygen atoms in total. The molecule has 1 aromatic carbocycles. The van der Waals surface area contributed by atoms with E-state index in [2.05, 4.69) is 0 Å². The van der Waals surface area contributed by atoms with Crippen molar-refractivity contribution in [2.24, 2.45) is 0 Å². The minimum atomic E-state index is -3.56. The van der Waals surface area contributed by atoms with Crippen LogP contribution in [-0.4, -0.2) is 28.3 Å². The molecule has 0 fully saturated rings. The monoisotopic (exact) mass is 316 g/mol.